The summed E-state index contributed by atoms with van der Waals surface area (Å²) >= 11 is 0. The highest BCUT2D eigenvalue weighted by Gasteiger charge is 2.30. The van der Waals surface area contributed by atoms with Gasteiger partial charge in [0.2, 0.25) is 0 Å². The van der Waals surface area contributed by atoms with Crippen LogP contribution in [0.5, 0.6) is 0 Å². The number of halogens is 3. The van der Waals surface area contributed by atoms with Crippen molar-refractivity contribution in [2.24, 2.45) is 5.73 Å². The lowest BCUT2D eigenvalue weighted by molar-refractivity contribution is 0.0234. The standard InChI is InChI=1S/C15H19F3N2O2/c1-15(2,3)22-14(21)20-5-4-10(19)11-8(7-20)6-9(16)12(17)13(11)18/h6,10H,4-5,7,19H2,1-3H3/t10-/m0/s1. The lowest BCUT2D eigenvalue weighted by Crippen LogP contribution is -2.36. The Hall–Kier alpha value is -1.76. The molecule has 4 nitrogen and oxygen atoms in total. The quantitative estimate of drug-likeness (QED) is 0.748. The topological polar surface area (TPSA) is 55.6 Å². The van der Waals surface area contributed by atoms with Gasteiger partial charge in [-0.15, -0.1) is 0 Å². The van der Waals surface area contributed by atoms with Gasteiger partial charge in [-0.05, 0) is 38.8 Å². The summed E-state index contributed by atoms with van der Waals surface area (Å²) in [5.41, 5.74) is 5.24. The number of hydrogen-bond acceptors (Lipinski definition) is 3. The molecule has 1 aromatic rings. The molecule has 0 aliphatic carbocycles. The van der Waals surface area contributed by atoms with Gasteiger partial charge in [0.15, 0.2) is 17.5 Å². The van der Waals surface area contributed by atoms with Crippen LogP contribution >= 0.6 is 0 Å². The van der Waals surface area contributed by atoms with E-state index in [0.717, 1.165) is 6.07 Å². The third-order valence-electron chi connectivity index (χ3n) is 3.38. The van der Waals surface area contributed by atoms with E-state index in [0.29, 0.717) is 0 Å². The molecule has 0 fully saturated rings. The first-order valence-corrected chi connectivity index (χ1v) is 7.00. The number of carbonyl (C=O) groups is 1. The molecule has 122 valence electrons. The summed E-state index contributed by atoms with van der Waals surface area (Å²) in [6, 6.07) is 0.0774. The van der Waals surface area contributed by atoms with Crippen LogP contribution in [0, 0.1) is 17.5 Å². The molecule has 2 rings (SSSR count). The first kappa shape index (κ1) is 16.6. The molecular weight excluding hydrogens is 297 g/mol. The van der Waals surface area contributed by atoms with Gasteiger partial charge in [-0.2, -0.15) is 0 Å². The Kier molecular flexibility index (Phi) is 4.37. The molecule has 7 heteroatoms. The van der Waals surface area contributed by atoms with Crippen LogP contribution in [0.2, 0.25) is 0 Å². The average Bonchev–Trinajstić information content (AvgIpc) is 2.53. The van der Waals surface area contributed by atoms with Crippen LogP contribution in [0.25, 0.3) is 0 Å². The molecule has 1 atom stereocenters. The lowest BCUT2D eigenvalue weighted by Gasteiger charge is -2.26. The maximum atomic E-state index is 13.9. The first-order chi connectivity index (χ1) is 10.1. The Morgan fingerprint density at radius 2 is 1.95 bits per heavy atom. The second-order valence-corrected chi connectivity index (χ2v) is 6.36. The van der Waals surface area contributed by atoms with Gasteiger partial charge >= 0.3 is 6.09 Å². The number of hydrogen-bond donors (Lipinski definition) is 1. The molecule has 0 saturated heterocycles. The van der Waals surface area contributed by atoms with Crippen molar-refractivity contribution in [2.45, 2.75) is 45.4 Å². The second kappa shape index (κ2) is 5.79. The summed E-state index contributed by atoms with van der Waals surface area (Å²) < 4.78 is 46.0. The number of amides is 1. The van der Waals surface area contributed by atoms with E-state index in [9.17, 15) is 18.0 Å². The van der Waals surface area contributed by atoms with E-state index in [-0.39, 0.29) is 30.6 Å². The summed E-state index contributed by atoms with van der Waals surface area (Å²) in [4.78, 5) is 13.4. The molecule has 0 aromatic heterocycles. The van der Waals surface area contributed by atoms with Crippen molar-refractivity contribution >= 4 is 6.09 Å². The minimum absolute atomic E-state index is 0.0773. The van der Waals surface area contributed by atoms with E-state index < -0.39 is 35.2 Å². The minimum atomic E-state index is -1.54. The molecule has 1 aromatic carbocycles. The Bertz CT molecular complexity index is 599. The smallest absolute Gasteiger partial charge is 0.410 e. The van der Waals surface area contributed by atoms with Gasteiger partial charge in [0.1, 0.15) is 5.60 Å². The van der Waals surface area contributed by atoms with Gasteiger partial charge in [-0.1, -0.05) is 0 Å². The molecular formula is C15H19F3N2O2. The molecule has 0 radical (unpaired) electrons. The summed E-state index contributed by atoms with van der Waals surface area (Å²) in [5.74, 6) is -4.12. The van der Waals surface area contributed by atoms with Crippen molar-refractivity contribution in [3.8, 4) is 0 Å². The molecule has 0 spiro atoms. The SMILES string of the molecule is CC(C)(C)OC(=O)N1CC[C@H](N)c2c(cc(F)c(F)c2F)C1. The maximum Gasteiger partial charge on any atom is 0.410 e. The van der Waals surface area contributed by atoms with E-state index in [1.54, 1.807) is 20.8 Å². The molecule has 0 unspecified atom stereocenters. The van der Waals surface area contributed by atoms with Crippen molar-refractivity contribution in [3.05, 3.63) is 34.6 Å². The van der Waals surface area contributed by atoms with E-state index in [4.69, 9.17) is 10.5 Å². The van der Waals surface area contributed by atoms with Crippen LogP contribution in [0.15, 0.2) is 6.07 Å². The van der Waals surface area contributed by atoms with E-state index in [1.165, 1.54) is 4.90 Å². The highest BCUT2D eigenvalue weighted by atomic mass is 19.2. The predicted molar refractivity (Wildman–Crippen MR) is 74.5 cm³/mol. The highest BCUT2D eigenvalue weighted by molar-refractivity contribution is 5.68. The van der Waals surface area contributed by atoms with Gasteiger partial charge in [0.25, 0.3) is 0 Å². The molecule has 1 amide bonds. The molecule has 0 saturated carbocycles. The third-order valence-corrected chi connectivity index (χ3v) is 3.38. The summed E-state index contributed by atoms with van der Waals surface area (Å²) in [6.45, 7) is 5.30. The number of nitrogens with two attached hydrogens (primary N) is 1. The zero-order valence-electron chi connectivity index (χ0n) is 12.8. The molecule has 22 heavy (non-hydrogen) atoms. The Morgan fingerprint density at radius 1 is 1.32 bits per heavy atom. The largest absolute Gasteiger partial charge is 0.444 e. The van der Waals surface area contributed by atoms with Crippen LogP contribution in [0.3, 0.4) is 0 Å². The maximum absolute atomic E-state index is 13.9. The van der Waals surface area contributed by atoms with Gasteiger partial charge < -0.3 is 15.4 Å². The van der Waals surface area contributed by atoms with Crippen molar-refractivity contribution in [1.29, 1.82) is 0 Å². The third kappa shape index (κ3) is 3.35. The van der Waals surface area contributed by atoms with Gasteiger partial charge in [0, 0.05) is 24.7 Å². The average molecular weight is 316 g/mol. The van der Waals surface area contributed by atoms with Crippen LogP contribution in [-0.4, -0.2) is 23.1 Å². The van der Waals surface area contributed by atoms with Crippen molar-refractivity contribution < 1.29 is 22.7 Å². The van der Waals surface area contributed by atoms with Gasteiger partial charge in [-0.3, -0.25) is 0 Å². The zero-order valence-corrected chi connectivity index (χ0v) is 12.8. The Balaban J connectivity index is 2.35. The number of benzene rings is 1. The van der Waals surface area contributed by atoms with Crippen molar-refractivity contribution in [3.63, 3.8) is 0 Å². The van der Waals surface area contributed by atoms with Crippen LogP contribution in [-0.2, 0) is 11.3 Å². The fraction of sp³-hybridized carbons (Fsp3) is 0.533. The first-order valence-electron chi connectivity index (χ1n) is 7.00. The molecule has 1 aliphatic heterocycles. The fourth-order valence-corrected chi connectivity index (χ4v) is 2.40. The van der Waals surface area contributed by atoms with E-state index >= 15 is 0 Å². The number of rotatable bonds is 0. The Labute approximate surface area is 127 Å². The summed E-state index contributed by atoms with van der Waals surface area (Å²) in [5, 5.41) is 0. The molecule has 0 bridgehead atoms. The summed E-state index contributed by atoms with van der Waals surface area (Å²) in [7, 11) is 0. The fourth-order valence-electron chi connectivity index (χ4n) is 2.40. The summed E-state index contributed by atoms with van der Waals surface area (Å²) in [6.07, 6.45) is -0.369. The number of nitrogens with zero attached hydrogens (tertiary/aromatic N) is 1. The van der Waals surface area contributed by atoms with E-state index in [2.05, 4.69) is 0 Å². The normalized spacial score (nSPS) is 18.7. The monoisotopic (exact) mass is 316 g/mol. The van der Waals surface area contributed by atoms with Crippen LogP contribution in [0.4, 0.5) is 18.0 Å². The predicted octanol–water partition coefficient (Wildman–Crippen LogP) is 3.24. The van der Waals surface area contributed by atoms with Crippen molar-refractivity contribution in [2.75, 3.05) is 6.54 Å². The number of fused-ring (bicyclic) bond motifs is 1. The van der Waals surface area contributed by atoms with Crippen LogP contribution < -0.4 is 5.73 Å². The van der Waals surface area contributed by atoms with Gasteiger partial charge in [-0.25, -0.2) is 18.0 Å². The van der Waals surface area contributed by atoms with Crippen molar-refractivity contribution in [1.82, 2.24) is 4.90 Å². The molecule has 1 heterocycles. The van der Waals surface area contributed by atoms with Gasteiger partial charge in [0.05, 0.1) is 0 Å². The Morgan fingerprint density at radius 3 is 2.55 bits per heavy atom. The second-order valence-electron chi connectivity index (χ2n) is 6.36. The lowest BCUT2D eigenvalue weighted by atomic mass is 9.99. The molecule has 2 N–H and O–H groups in total. The number of carbonyl (C=O) groups excluding carboxylic acids is 1. The van der Waals surface area contributed by atoms with Crippen LogP contribution in [0.1, 0.15) is 44.4 Å². The minimum Gasteiger partial charge on any atom is -0.444 e. The molecule has 1 aliphatic rings. The highest BCUT2D eigenvalue weighted by Crippen LogP contribution is 2.30. The zero-order chi connectivity index (χ0) is 16.7. The number of ether oxygens (including phenoxy) is 1. The van der Waals surface area contributed by atoms with E-state index in [1.807, 2.05) is 0 Å².